The van der Waals surface area contributed by atoms with Crippen molar-refractivity contribution >= 4 is 11.6 Å². The molecule has 104 valence electrons. The average Bonchev–Trinajstić information content (AvgIpc) is 2.61. The maximum absolute atomic E-state index is 13.2. The maximum atomic E-state index is 13.2. The Bertz CT molecular complexity index is 465. The molecule has 1 aromatic carbocycles. The van der Waals surface area contributed by atoms with Gasteiger partial charge in [0, 0.05) is 29.2 Å². The van der Waals surface area contributed by atoms with Crippen LogP contribution in [-0.4, -0.2) is 23.0 Å². The van der Waals surface area contributed by atoms with Gasteiger partial charge in [-0.1, -0.05) is 17.7 Å². The molecule has 0 spiro atoms. The molecule has 3 rings (SSSR count). The highest BCUT2D eigenvalue weighted by molar-refractivity contribution is 6.31. The molecule has 2 saturated heterocycles. The van der Waals surface area contributed by atoms with E-state index in [2.05, 4.69) is 11.8 Å². The third-order valence-electron chi connectivity index (χ3n) is 4.69. The monoisotopic (exact) mass is 282 g/mol. The second kappa shape index (κ2) is 5.04. The lowest BCUT2D eigenvalue weighted by Crippen LogP contribution is -2.48. The number of benzene rings is 1. The van der Waals surface area contributed by atoms with Crippen LogP contribution in [0.2, 0.25) is 5.02 Å². The predicted molar refractivity (Wildman–Crippen MR) is 75.7 cm³/mol. The van der Waals surface area contributed by atoms with Crippen LogP contribution in [0.5, 0.6) is 0 Å². The van der Waals surface area contributed by atoms with Crippen molar-refractivity contribution in [2.75, 3.05) is 0 Å². The lowest BCUT2D eigenvalue weighted by Gasteiger charge is -2.42. The van der Waals surface area contributed by atoms with Gasteiger partial charge in [-0.05, 0) is 50.3 Å². The van der Waals surface area contributed by atoms with E-state index in [1.54, 1.807) is 0 Å². The minimum Gasteiger partial charge on any atom is -0.328 e. The minimum atomic E-state index is -0.274. The Morgan fingerprint density at radius 3 is 2.53 bits per heavy atom. The molecule has 2 aliphatic heterocycles. The van der Waals surface area contributed by atoms with Crippen LogP contribution in [0.4, 0.5) is 4.39 Å². The second-order valence-corrected chi connectivity index (χ2v) is 6.31. The summed E-state index contributed by atoms with van der Waals surface area (Å²) in [5, 5.41) is 0.529. The number of halogens is 2. The first-order valence-electron chi connectivity index (χ1n) is 7.04. The van der Waals surface area contributed by atoms with E-state index >= 15 is 0 Å². The molecule has 0 amide bonds. The highest BCUT2D eigenvalue weighted by atomic mass is 35.5. The summed E-state index contributed by atoms with van der Waals surface area (Å²) in [5.74, 6) is -0.274. The molecule has 2 nitrogen and oxygen atoms in total. The average molecular weight is 283 g/mol. The highest BCUT2D eigenvalue weighted by Gasteiger charge is 2.42. The van der Waals surface area contributed by atoms with Gasteiger partial charge in [0.15, 0.2) is 0 Å². The standard InChI is InChI=1S/C15H20ClFN2/c1-9(14-5-2-10(17)6-15(14)16)19-12-3-4-13(19)8-11(18)7-12/h2,5-6,9,11-13H,3-4,7-8,18H2,1H3. The first kappa shape index (κ1) is 13.3. The topological polar surface area (TPSA) is 29.3 Å². The molecule has 2 fully saturated rings. The van der Waals surface area contributed by atoms with Crippen LogP contribution in [0.3, 0.4) is 0 Å². The van der Waals surface area contributed by atoms with E-state index in [1.165, 1.54) is 25.0 Å². The SMILES string of the molecule is CC(c1ccc(F)cc1Cl)N1C2CCC1CC(N)C2. The van der Waals surface area contributed by atoms with E-state index in [-0.39, 0.29) is 11.9 Å². The van der Waals surface area contributed by atoms with Gasteiger partial charge in [-0.3, -0.25) is 4.90 Å². The van der Waals surface area contributed by atoms with Crippen molar-refractivity contribution in [3.05, 3.63) is 34.6 Å². The Hall–Kier alpha value is -0.640. The van der Waals surface area contributed by atoms with Crippen molar-refractivity contribution in [2.45, 2.75) is 56.8 Å². The molecular formula is C15H20ClFN2. The van der Waals surface area contributed by atoms with Crippen molar-refractivity contribution in [1.82, 2.24) is 4.90 Å². The molecular weight excluding hydrogens is 263 g/mol. The molecule has 19 heavy (non-hydrogen) atoms. The fourth-order valence-electron chi connectivity index (χ4n) is 3.89. The van der Waals surface area contributed by atoms with Gasteiger partial charge in [-0.25, -0.2) is 4.39 Å². The summed E-state index contributed by atoms with van der Waals surface area (Å²) in [7, 11) is 0. The smallest absolute Gasteiger partial charge is 0.124 e. The zero-order valence-corrected chi connectivity index (χ0v) is 11.9. The molecule has 0 aromatic heterocycles. The zero-order valence-electron chi connectivity index (χ0n) is 11.2. The van der Waals surface area contributed by atoms with Gasteiger partial charge in [0.25, 0.3) is 0 Å². The largest absolute Gasteiger partial charge is 0.328 e. The summed E-state index contributed by atoms with van der Waals surface area (Å²) in [6.45, 7) is 2.17. The van der Waals surface area contributed by atoms with E-state index in [1.807, 2.05) is 6.07 Å². The summed E-state index contributed by atoms with van der Waals surface area (Å²) < 4.78 is 13.2. The highest BCUT2D eigenvalue weighted by Crippen LogP contribution is 2.42. The Morgan fingerprint density at radius 1 is 1.32 bits per heavy atom. The third kappa shape index (κ3) is 2.39. The van der Waals surface area contributed by atoms with Gasteiger partial charge in [0.1, 0.15) is 5.82 Å². The summed E-state index contributed by atoms with van der Waals surface area (Å²) in [5.41, 5.74) is 7.13. The summed E-state index contributed by atoms with van der Waals surface area (Å²) in [6.07, 6.45) is 4.59. The van der Waals surface area contributed by atoms with E-state index in [9.17, 15) is 4.39 Å². The normalized spacial score (nSPS) is 32.5. The first-order chi connectivity index (χ1) is 9.06. The first-order valence-corrected chi connectivity index (χ1v) is 7.42. The molecule has 0 aliphatic carbocycles. The van der Waals surface area contributed by atoms with Gasteiger partial charge in [-0.15, -0.1) is 0 Å². The zero-order chi connectivity index (χ0) is 13.6. The van der Waals surface area contributed by atoms with Crippen molar-refractivity contribution < 1.29 is 4.39 Å². The number of rotatable bonds is 2. The maximum Gasteiger partial charge on any atom is 0.124 e. The van der Waals surface area contributed by atoms with E-state index in [4.69, 9.17) is 17.3 Å². The predicted octanol–water partition coefficient (Wildman–Crippen LogP) is 3.49. The Morgan fingerprint density at radius 2 is 1.95 bits per heavy atom. The van der Waals surface area contributed by atoms with Crippen molar-refractivity contribution in [3.8, 4) is 0 Å². The lowest BCUT2D eigenvalue weighted by molar-refractivity contribution is 0.0854. The van der Waals surface area contributed by atoms with Gasteiger partial charge in [-0.2, -0.15) is 0 Å². The van der Waals surface area contributed by atoms with Crippen molar-refractivity contribution in [1.29, 1.82) is 0 Å². The number of hydrogen-bond acceptors (Lipinski definition) is 2. The summed E-state index contributed by atoms with van der Waals surface area (Å²) >= 11 is 6.20. The summed E-state index contributed by atoms with van der Waals surface area (Å²) in [6, 6.07) is 6.41. The molecule has 2 aliphatic rings. The fraction of sp³-hybridized carbons (Fsp3) is 0.600. The van der Waals surface area contributed by atoms with Gasteiger partial charge < -0.3 is 5.73 Å². The second-order valence-electron chi connectivity index (χ2n) is 5.91. The van der Waals surface area contributed by atoms with Crippen molar-refractivity contribution in [2.24, 2.45) is 5.73 Å². The molecule has 0 radical (unpaired) electrons. The molecule has 3 atom stereocenters. The molecule has 4 heteroatoms. The molecule has 2 heterocycles. The minimum absolute atomic E-state index is 0.234. The van der Waals surface area contributed by atoms with Gasteiger partial charge >= 0.3 is 0 Å². The van der Waals surface area contributed by atoms with Crippen LogP contribution in [0.15, 0.2) is 18.2 Å². The van der Waals surface area contributed by atoms with Crippen LogP contribution in [0.25, 0.3) is 0 Å². The van der Waals surface area contributed by atoms with Crippen LogP contribution in [0.1, 0.15) is 44.2 Å². The van der Waals surface area contributed by atoms with Crippen LogP contribution in [-0.2, 0) is 0 Å². The number of piperidine rings is 1. The Balaban J connectivity index is 1.86. The van der Waals surface area contributed by atoms with Crippen molar-refractivity contribution in [3.63, 3.8) is 0 Å². The van der Waals surface area contributed by atoms with Gasteiger partial charge in [0.05, 0.1) is 0 Å². The summed E-state index contributed by atoms with van der Waals surface area (Å²) in [4.78, 5) is 2.54. The number of fused-ring (bicyclic) bond motifs is 2. The molecule has 1 aromatic rings. The molecule has 2 bridgehead atoms. The Kier molecular flexibility index (Phi) is 3.54. The van der Waals surface area contributed by atoms with Gasteiger partial charge in [0.2, 0.25) is 0 Å². The number of nitrogens with two attached hydrogens (primary N) is 1. The molecule has 3 unspecified atom stereocenters. The lowest BCUT2D eigenvalue weighted by atomic mass is 9.94. The van der Waals surface area contributed by atoms with E-state index < -0.39 is 0 Å². The van der Waals surface area contributed by atoms with E-state index in [0.29, 0.717) is 23.1 Å². The fourth-order valence-corrected chi connectivity index (χ4v) is 4.21. The van der Waals surface area contributed by atoms with E-state index in [0.717, 1.165) is 18.4 Å². The number of nitrogens with zero attached hydrogens (tertiary/aromatic N) is 1. The number of hydrogen-bond donors (Lipinski definition) is 1. The van der Waals surface area contributed by atoms with Crippen LogP contribution in [0, 0.1) is 5.82 Å². The molecule has 2 N–H and O–H groups in total. The van der Waals surface area contributed by atoms with Crippen LogP contribution >= 0.6 is 11.6 Å². The van der Waals surface area contributed by atoms with Crippen LogP contribution < -0.4 is 5.73 Å². The third-order valence-corrected chi connectivity index (χ3v) is 5.01. The molecule has 0 saturated carbocycles. The Labute approximate surface area is 118 Å². The quantitative estimate of drug-likeness (QED) is 0.900.